The molecule has 1 nitrogen and oxygen atoms in total. The fourth-order valence-corrected chi connectivity index (χ4v) is 1.27. The lowest BCUT2D eigenvalue weighted by Gasteiger charge is -2.09. The van der Waals surface area contributed by atoms with Crippen molar-refractivity contribution < 1.29 is 0 Å². The summed E-state index contributed by atoms with van der Waals surface area (Å²) in [6.45, 7) is 13.8. The Morgan fingerprint density at radius 1 is 1.27 bits per heavy atom. The molecule has 0 saturated heterocycles. The molecule has 0 saturated carbocycles. The topological polar surface area (TPSA) is 26.0 Å². The fourth-order valence-electron chi connectivity index (χ4n) is 1.27. The van der Waals surface area contributed by atoms with Crippen LogP contribution in [0.2, 0.25) is 0 Å². The molecule has 82 valence electrons. The fraction of sp³-hybridized carbons (Fsp3) is 0.286. The van der Waals surface area contributed by atoms with Crippen molar-refractivity contribution in [1.82, 2.24) is 0 Å². The summed E-state index contributed by atoms with van der Waals surface area (Å²) in [6.07, 6.45) is 8.62. The van der Waals surface area contributed by atoms with E-state index < -0.39 is 0 Å². The highest BCUT2D eigenvalue weighted by Crippen LogP contribution is 2.21. The van der Waals surface area contributed by atoms with Gasteiger partial charge in [-0.25, -0.2) is 0 Å². The maximum atomic E-state index is 5.54. The quantitative estimate of drug-likeness (QED) is 0.674. The molecule has 15 heavy (non-hydrogen) atoms. The molecule has 0 heterocycles. The molecule has 0 aliphatic heterocycles. The predicted molar refractivity (Wildman–Crippen MR) is 69.4 cm³/mol. The van der Waals surface area contributed by atoms with E-state index in [1.54, 1.807) is 6.20 Å². The van der Waals surface area contributed by atoms with Gasteiger partial charge in [0.25, 0.3) is 0 Å². The number of hydrogen-bond donors (Lipinski definition) is 1. The smallest absolute Gasteiger partial charge is 0.00263 e. The maximum Gasteiger partial charge on any atom is -0.00263 e. The van der Waals surface area contributed by atoms with Crippen molar-refractivity contribution >= 4 is 0 Å². The third-order valence-electron chi connectivity index (χ3n) is 2.15. The van der Waals surface area contributed by atoms with Crippen LogP contribution in [0.4, 0.5) is 0 Å². The summed E-state index contributed by atoms with van der Waals surface area (Å²) in [6, 6.07) is 0. The van der Waals surface area contributed by atoms with Crippen LogP contribution >= 0.6 is 0 Å². The summed E-state index contributed by atoms with van der Waals surface area (Å²) in [7, 11) is 0. The van der Waals surface area contributed by atoms with E-state index in [-0.39, 0.29) is 0 Å². The van der Waals surface area contributed by atoms with Crippen LogP contribution in [-0.4, -0.2) is 0 Å². The number of allylic oxidation sites excluding steroid dienone is 7. The second-order valence-electron chi connectivity index (χ2n) is 3.47. The van der Waals surface area contributed by atoms with Gasteiger partial charge in [0.15, 0.2) is 0 Å². The van der Waals surface area contributed by atoms with E-state index in [2.05, 4.69) is 32.2 Å². The first kappa shape index (κ1) is 13.5. The van der Waals surface area contributed by atoms with Crippen molar-refractivity contribution in [2.75, 3.05) is 0 Å². The maximum absolute atomic E-state index is 5.54. The van der Waals surface area contributed by atoms with Gasteiger partial charge < -0.3 is 5.73 Å². The summed E-state index contributed by atoms with van der Waals surface area (Å²) in [5.41, 5.74) is 9.74. The molecule has 0 aromatic heterocycles. The first-order valence-corrected chi connectivity index (χ1v) is 5.16. The Bertz CT molecular complexity index is 327. The average Bonchev–Trinajstić information content (AvgIpc) is 2.22. The second-order valence-corrected chi connectivity index (χ2v) is 3.47. The first-order valence-electron chi connectivity index (χ1n) is 5.16. The van der Waals surface area contributed by atoms with Crippen molar-refractivity contribution in [3.63, 3.8) is 0 Å². The lowest BCUT2D eigenvalue weighted by molar-refractivity contribution is 1.21. The van der Waals surface area contributed by atoms with Crippen LogP contribution in [-0.2, 0) is 0 Å². The standard InChI is InChI=1S/C14H21N/c1-6-8-9-14(12(5)10-15)13(7-2)11(3)4/h7-10H,2-3,6,15H2,1,4-5H3/b9-8+,12-10-,14-13-. The predicted octanol–water partition coefficient (Wildman–Crippen LogP) is 3.87. The third kappa shape index (κ3) is 4.03. The molecule has 1 heteroatoms. The number of hydrogen-bond acceptors (Lipinski definition) is 1. The normalized spacial score (nSPS) is 13.9. The Hall–Kier alpha value is -1.50. The zero-order valence-electron chi connectivity index (χ0n) is 10.0. The van der Waals surface area contributed by atoms with Crippen molar-refractivity contribution in [2.24, 2.45) is 5.73 Å². The Morgan fingerprint density at radius 3 is 2.20 bits per heavy atom. The van der Waals surface area contributed by atoms with Crippen LogP contribution in [0.15, 0.2) is 59.9 Å². The van der Waals surface area contributed by atoms with E-state index in [1.807, 2.05) is 19.9 Å². The first-order chi connectivity index (χ1) is 7.08. The molecule has 0 aliphatic carbocycles. The third-order valence-corrected chi connectivity index (χ3v) is 2.15. The van der Waals surface area contributed by atoms with Gasteiger partial charge in [0.2, 0.25) is 0 Å². The Kier molecular flexibility index (Phi) is 6.19. The Labute approximate surface area is 93.4 Å². The Balaban J connectivity index is 5.50. The molecule has 0 atom stereocenters. The zero-order valence-corrected chi connectivity index (χ0v) is 10.0. The lowest BCUT2D eigenvalue weighted by atomic mass is 9.96. The van der Waals surface area contributed by atoms with Gasteiger partial charge in [-0.2, -0.15) is 0 Å². The molecule has 2 N–H and O–H groups in total. The molecule has 0 radical (unpaired) electrons. The van der Waals surface area contributed by atoms with Crippen LogP contribution in [0.25, 0.3) is 0 Å². The van der Waals surface area contributed by atoms with Crippen LogP contribution in [0, 0.1) is 0 Å². The molecule has 0 unspecified atom stereocenters. The van der Waals surface area contributed by atoms with E-state index in [0.29, 0.717) is 0 Å². The summed E-state index contributed by atoms with van der Waals surface area (Å²) in [5.74, 6) is 0. The highest BCUT2D eigenvalue weighted by atomic mass is 14.5. The summed E-state index contributed by atoms with van der Waals surface area (Å²) >= 11 is 0. The highest BCUT2D eigenvalue weighted by molar-refractivity contribution is 5.52. The van der Waals surface area contributed by atoms with Crippen LogP contribution in [0.1, 0.15) is 27.2 Å². The van der Waals surface area contributed by atoms with Gasteiger partial charge in [0.1, 0.15) is 0 Å². The van der Waals surface area contributed by atoms with E-state index in [9.17, 15) is 0 Å². The molecule has 0 bridgehead atoms. The molecule has 0 aromatic carbocycles. The summed E-state index contributed by atoms with van der Waals surface area (Å²) in [5, 5.41) is 0. The average molecular weight is 203 g/mol. The zero-order chi connectivity index (χ0) is 11.8. The SMILES string of the molecule is C=C/C(C(=C)C)=C(\C=C\CC)C(/C)=C\N. The summed E-state index contributed by atoms with van der Waals surface area (Å²) < 4.78 is 0. The lowest BCUT2D eigenvalue weighted by Crippen LogP contribution is -1.93. The highest BCUT2D eigenvalue weighted by Gasteiger charge is 2.03. The van der Waals surface area contributed by atoms with Crippen molar-refractivity contribution in [1.29, 1.82) is 0 Å². The van der Waals surface area contributed by atoms with Gasteiger partial charge in [0.05, 0.1) is 0 Å². The van der Waals surface area contributed by atoms with Gasteiger partial charge >= 0.3 is 0 Å². The van der Waals surface area contributed by atoms with Gasteiger partial charge in [0, 0.05) is 0 Å². The number of nitrogens with two attached hydrogens (primary N) is 1. The van der Waals surface area contributed by atoms with E-state index in [1.165, 1.54) is 0 Å². The molecular formula is C14H21N. The molecule has 0 amide bonds. The molecule has 0 aromatic rings. The molecule has 0 rings (SSSR count). The molecule has 0 aliphatic rings. The monoisotopic (exact) mass is 203 g/mol. The van der Waals surface area contributed by atoms with Crippen molar-refractivity contribution in [3.05, 3.63) is 59.9 Å². The molecular weight excluding hydrogens is 182 g/mol. The van der Waals surface area contributed by atoms with E-state index >= 15 is 0 Å². The van der Waals surface area contributed by atoms with Crippen molar-refractivity contribution in [2.45, 2.75) is 27.2 Å². The summed E-state index contributed by atoms with van der Waals surface area (Å²) in [4.78, 5) is 0. The van der Waals surface area contributed by atoms with E-state index in [0.717, 1.165) is 28.7 Å². The van der Waals surface area contributed by atoms with Crippen LogP contribution in [0.3, 0.4) is 0 Å². The van der Waals surface area contributed by atoms with Gasteiger partial charge in [-0.15, -0.1) is 0 Å². The van der Waals surface area contributed by atoms with Gasteiger partial charge in [-0.3, -0.25) is 0 Å². The van der Waals surface area contributed by atoms with Gasteiger partial charge in [-0.1, -0.05) is 43.9 Å². The minimum Gasteiger partial charge on any atom is -0.404 e. The minimum atomic E-state index is 1.00. The van der Waals surface area contributed by atoms with Gasteiger partial charge in [-0.05, 0) is 43.2 Å². The molecule has 0 spiro atoms. The van der Waals surface area contributed by atoms with Crippen LogP contribution in [0.5, 0.6) is 0 Å². The minimum absolute atomic E-state index is 1.00. The number of rotatable bonds is 5. The van der Waals surface area contributed by atoms with E-state index in [4.69, 9.17) is 5.73 Å². The molecule has 0 fully saturated rings. The largest absolute Gasteiger partial charge is 0.404 e. The second kappa shape index (κ2) is 6.88. The van der Waals surface area contributed by atoms with Crippen LogP contribution < -0.4 is 5.73 Å². The Morgan fingerprint density at radius 2 is 1.87 bits per heavy atom. The van der Waals surface area contributed by atoms with Crippen molar-refractivity contribution in [3.8, 4) is 0 Å².